The summed E-state index contributed by atoms with van der Waals surface area (Å²) in [6, 6.07) is 0. The van der Waals surface area contributed by atoms with Crippen LogP contribution in [-0.2, 0) is 38.1 Å². The van der Waals surface area contributed by atoms with Gasteiger partial charge in [-0.15, -0.1) is 0 Å². The topological polar surface area (TPSA) is 105 Å². The Morgan fingerprint density at radius 2 is 1.25 bits per heavy atom. The third kappa shape index (κ3) is 6.08. The van der Waals surface area contributed by atoms with Crippen LogP contribution < -0.4 is 0 Å². The number of ether oxygens (including phenoxy) is 4. The predicted molar refractivity (Wildman–Crippen MR) is 117 cm³/mol. The third-order valence-electron chi connectivity index (χ3n) is 5.88. The fourth-order valence-electron chi connectivity index (χ4n) is 3.97. The molecule has 0 atom stereocenters. The summed E-state index contributed by atoms with van der Waals surface area (Å²) in [5, 5.41) is 0. The number of rotatable bonds is 4. The molecule has 0 spiro atoms. The molecule has 0 saturated carbocycles. The molecule has 0 amide bonds. The maximum atomic E-state index is 12.7. The van der Waals surface area contributed by atoms with E-state index in [2.05, 4.69) is 0 Å². The lowest BCUT2D eigenvalue weighted by Crippen LogP contribution is -2.41. The highest BCUT2D eigenvalue weighted by molar-refractivity contribution is 6.01. The van der Waals surface area contributed by atoms with Crippen LogP contribution in [0.5, 0.6) is 0 Å². The molecule has 0 aliphatic heterocycles. The Labute approximate surface area is 189 Å². The van der Waals surface area contributed by atoms with Gasteiger partial charge < -0.3 is 18.9 Å². The average Bonchev–Trinajstić information content (AvgIpc) is 2.80. The number of hydrogen-bond acceptors (Lipinski definition) is 8. The summed E-state index contributed by atoms with van der Waals surface area (Å²) in [5.41, 5.74) is -1.28. The van der Waals surface area contributed by atoms with Crippen molar-refractivity contribution in [1.82, 2.24) is 0 Å². The number of carbonyl (C=O) groups excluding carboxylic acids is 4. The number of carbonyl (C=O) groups is 4. The first-order valence-electron chi connectivity index (χ1n) is 10.4. The van der Waals surface area contributed by atoms with Crippen molar-refractivity contribution in [3.05, 3.63) is 35.5 Å². The van der Waals surface area contributed by atoms with Crippen LogP contribution in [0.25, 0.3) is 0 Å². The smallest absolute Gasteiger partial charge is 0.323 e. The highest BCUT2D eigenvalue weighted by Gasteiger charge is 2.48. The molecule has 178 valence electrons. The van der Waals surface area contributed by atoms with Crippen molar-refractivity contribution in [3.63, 3.8) is 0 Å². The zero-order valence-corrected chi connectivity index (χ0v) is 19.8. The van der Waals surface area contributed by atoms with Crippen LogP contribution in [0.4, 0.5) is 0 Å². The third-order valence-corrected chi connectivity index (χ3v) is 5.88. The molecule has 0 N–H and O–H groups in total. The van der Waals surface area contributed by atoms with Gasteiger partial charge in [0.25, 0.3) is 0 Å². The zero-order valence-electron chi connectivity index (χ0n) is 19.8. The van der Waals surface area contributed by atoms with Gasteiger partial charge in [0.1, 0.15) is 0 Å². The van der Waals surface area contributed by atoms with E-state index in [-0.39, 0.29) is 25.7 Å². The van der Waals surface area contributed by atoms with Gasteiger partial charge in [-0.1, -0.05) is 35.5 Å². The Morgan fingerprint density at radius 3 is 1.75 bits per heavy atom. The van der Waals surface area contributed by atoms with Gasteiger partial charge in [-0.25, -0.2) is 0 Å². The molecule has 0 saturated heterocycles. The lowest BCUT2D eigenvalue weighted by Gasteiger charge is -2.29. The molecule has 1 aliphatic rings. The van der Waals surface area contributed by atoms with Gasteiger partial charge in [0.15, 0.2) is 10.8 Å². The fraction of sp³-hybridized carbons (Fsp3) is 0.583. The standard InChI is InChI=1S/C24H34O8/c1-17-11-9-14-24(21(27)31-5,22(28)32-6)16-18(2)10-7-8-13-23(15-12-17,19(25)29-3)20(26)30-4/h7-8,10-11H,9,12-16H2,1-6H3/b8-7-,17-11-,18-10-. The van der Waals surface area contributed by atoms with Crippen molar-refractivity contribution in [3.8, 4) is 0 Å². The molecule has 0 radical (unpaired) electrons. The van der Waals surface area contributed by atoms with Crippen LogP contribution in [0.3, 0.4) is 0 Å². The molecule has 8 heteroatoms. The lowest BCUT2D eigenvalue weighted by atomic mass is 9.76. The van der Waals surface area contributed by atoms with Crippen LogP contribution in [0.1, 0.15) is 52.4 Å². The van der Waals surface area contributed by atoms with Crippen molar-refractivity contribution in [1.29, 1.82) is 0 Å². The van der Waals surface area contributed by atoms with E-state index in [4.69, 9.17) is 18.9 Å². The number of allylic oxidation sites excluding steroid dienone is 6. The second-order valence-corrected chi connectivity index (χ2v) is 8.04. The first kappa shape index (κ1) is 27.1. The van der Waals surface area contributed by atoms with Crippen molar-refractivity contribution in [2.24, 2.45) is 10.8 Å². The van der Waals surface area contributed by atoms with Gasteiger partial charge >= 0.3 is 23.9 Å². The molecule has 0 heterocycles. The summed E-state index contributed by atoms with van der Waals surface area (Å²) in [6.07, 6.45) is 8.40. The Bertz CT molecular complexity index is 771. The summed E-state index contributed by atoms with van der Waals surface area (Å²) < 4.78 is 19.8. The van der Waals surface area contributed by atoms with Gasteiger partial charge in [0.2, 0.25) is 0 Å². The van der Waals surface area contributed by atoms with Crippen LogP contribution >= 0.6 is 0 Å². The maximum Gasteiger partial charge on any atom is 0.323 e. The fourth-order valence-corrected chi connectivity index (χ4v) is 3.97. The van der Waals surface area contributed by atoms with Crippen molar-refractivity contribution in [2.75, 3.05) is 28.4 Å². The van der Waals surface area contributed by atoms with Crippen LogP contribution in [0.15, 0.2) is 35.5 Å². The van der Waals surface area contributed by atoms with Crippen LogP contribution in [0, 0.1) is 10.8 Å². The SMILES string of the molecule is COC(=O)C1(C(=O)OC)C/C=C\C=C(\C)CC(C(=O)OC)(C(=O)OC)CC/C=C(/C)CC1. The molecule has 0 bridgehead atoms. The molecule has 0 aromatic rings. The van der Waals surface area contributed by atoms with E-state index < -0.39 is 34.7 Å². The molecular weight excluding hydrogens is 416 g/mol. The Kier molecular flexibility index (Phi) is 10.4. The van der Waals surface area contributed by atoms with E-state index in [1.165, 1.54) is 28.4 Å². The Hall–Kier alpha value is -2.90. The summed E-state index contributed by atoms with van der Waals surface area (Å²) in [4.78, 5) is 50.5. The first-order valence-corrected chi connectivity index (χ1v) is 10.4. The van der Waals surface area contributed by atoms with E-state index in [1.807, 2.05) is 13.0 Å². The van der Waals surface area contributed by atoms with Crippen LogP contribution in [0.2, 0.25) is 0 Å². The van der Waals surface area contributed by atoms with Crippen molar-refractivity contribution in [2.45, 2.75) is 52.4 Å². The van der Waals surface area contributed by atoms with E-state index in [9.17, 15) is 19.2 Å². The van der Waals surface area contributed by atoms with E-state index >= 15 is 0 Å². The minimum Gasteiger partial charge on any atom is -0.468 e. The van der Waals surface area contributed by atoms with Gasteiger partial charge in [-0.3, -0.25) is 19.2 Å². The molecule has 0 aromatic carbocycles. The van der Waals surface area contributed by atoms with Gasteiger partial charge in [0.05, 0.1) is 28.4 Å². The molecule has 1 rings (SSSR count). The molecule has 32 heavy (non-hydrogen) atoms. The number of hydrogen-bond donors (Lipinski definition) is 0. The highest BCUT2D eigenvalue weighted by atomic mass is 16.6. The Balaban J connectivity index is 3.49. The molecular formula is C24H34O8. The maximum absolute atomic E-state index is 12.7. The van der Waals surface area contributed by atoms with Crippen molar-refractivity contribution < 1.29 is 38.1 Å². The summed E-state index contributed by atoms with van der Waals surface area (Å²) in [7, 11) is 4.98. The molecule has 0 unspecified atom stereocenters. The second-order valence-electron chi connectivity index (χ2n) is 8.04. The van der Waals surface area contributed by atoms with Crippen molar-refractivity contribution >= 4 is 23.9 Å². The quantitative estimate of drug-likeness (QED) is 0.278. The predicted octanol–water partition coefficient (Wildman–Crippen LogP) is 3.45. The van der Waals surface area contributed by atoms with E-state index in [1.54, 1.807) is 25.2 Å². The minimum absolute atomic E-state index is 0.0859. The monoisotopic (exact) mass is 450 g/mol. The number of esters is 4. The number of methoxy groups -OCH3 is 4. The molecule has 0 aromatic heterocycles. The largest absolute Gasteiger partial charge is 0.468 e. The second kappa shape index (κ2) is 12.2. The molecule has 8 nitrogen and oxygen atoms in total. The summed E-state index contributed by atoms with van der Waals surface area (Å²) in [5.74, 6) is -2.58. The Morgan fingerprint density at radius 1 is 0.750 bits per heavy atom. The normalized spacial score (nSPS) is 23.1. The summed E-state index contributed by atoms with van der Waals surface area (Å²) in [6.45, 7) is 3.65. The van der Waals surface area contributed by atoms with E-state index in [0.717, 1.165) is 11.1 Å². The summed E-state index contributed by atoms with van der Waals surface area (Å²) >= 11 is 0. The van der Waals surface area contributed by atoms with Gasteiger partial charge in [-0.2, -0.15) is 0 Å². The average molecular weight is 451 g/mol. The molecule has 1 aliphatic carbocycles. The highest BCUT2D eigenvalue weighted by Crippen LogP contribution is 2.37. The van der Waals surface area contributed by atoms with E-state index in [0.29, 0.717) is 12.8 Å². The zero-order chi connectivity index (χ0) is 24.4. The van der Waals surface area contributed by atoms with Gasteiger partial charge in [0, 0.05) is 0 Å². The first-order chi connectivity index (χ1) is 15.1. The van der Waals surface area contributed by atoms with Gasteiger partial charge in [-0.05, 0) is 52.4 Å². The minimum atomic E-state index is -1.46. The lowest BCUT2D eigenvalue weighted by molar-refractivity contribution is -0.171. The van der Waals surface area contributed by atoms with Crippen LogP contribution in [-0.4, -0.2) is 52.3 Å². The molecule has 0 fully saturated rings.